The third kappa shape index (κ3) is 3.54. The molecule has 0 spiro atoms. The van der Waals surface area contributed by atoms with Gasteiger partial charge in [-0.15, -0.1) is 11.3 Å². The second kappa shape index (κ2) is 7.13. The first kappa shape index (κ1) is 18.3. The van der Waals surface area contributed by atoms with E-state index in [0.29, 0.717) is 18.1 Å². The molecule has 2 aromatic heterocycles. The van der Waals surface area contributed by atoms with Crippen LogP contribution in [0.15, 0.2) is 24.3 Å². The maximum Gasteiger partial charge on any atom is 0.223 e. The molecule has 0 unspecified atom stereocenters. The van der Waals surface area contributed by atoms with Crippen molar-refractivity contribution in [3.63, 3.8) is 0 Å². The van der Waals surface area contributed by atoms with Crippen LogP contribution in [0.4, 0.5) is 0 Å². The molecule has 140 valence electrons. The maximum atomic E-state index is 12.7. The van der Waals surface area contributed by atoms with E-state index in [0.717, 1.165) is 38.2 Å². The lowest BCUT2D eigenvalue weighted by Crippen LogP contribution is -2.35. The number of halogens is 1. The van der Waals surface area contributed by atoms with E-state index in [-0.39, 0.29) is 24.5 Å². The van der Waals surface area contributed by atoms with Crippen molar-refractivity contribution in [3.8, 4) is 0 Å². The quantitative estimate of drug-likeness (QED) is 0.623. The van der Waals surface area contributed by atoms with Gasteiger partial charge in [0.1, 0.15) is 0 Å². The fraction of sp³-hybridized carbons (Fsp3) is 0.333. The molecule has 6 heteroatoms. The van der Waals surface area contributed by atoms with Crippen molar-refractivity contribution in [1.82, 2.24) is 9.88 Å². The van der Waals surface area contributed by atoms with Crippen LogP contribution < -0.4 is 0 Å². The van der Waals surface area contributed by atoms with Crippen molar-refractivity contribution >= 4 is 45.5 Å². The number of fused-ring (bicyclic) bond motifs is 3. The zero-order chi connectivity index (χ0) is 19.1. The fourth-order valence-electron chi connectivity index (χ4n) is 3.82. The number of amides is 1. The summed E-state index contributed by atoms with van der Waals surface area (Å²) < 4.78 is 0. The van der Waals surface area contributed by atoms with Gasteiger partial charge in [-0.2, -0.15) is 0 Å². The summed E-state index contributed by atoms with van der Waals surface area (Å²) in [6.45, 7) is 5.20. The molecule has 4 nitrogen and oxygen atoms in total. The summed E-state index contributed by atoms with van der Waals surface area (Å²) in [6, 6.07) is 7.72. The summed E-state index contributed by atoms with van der Waals surface area (Å²) in [5, 5.41) is 1.77. The Morgan fingerprint density at radius 2 is 2.04 bits per heavy atom. The minimum Gasteiger partial charge on any atom is -0.358 e. The molecule has 0 fully saturated rings. The lowest BCUT2D eigenvalue weighted by molar-refractivity contribution is -0.132. The standard InChI is InChI=1S/C21H21ClN2O2S/c1-12-9-15(13(2)27-12)20(25)5-6-21(26)24-8-7-19-17(11-24)16-10-14(22)3-4-18(16)23-19/h3-4,9-10,23H,5-8,11H2,1-2H3. The number of thiophene rings is 1. The van der Waals surface area contributed by atoms with Gasteiger partial charge in [-0.05, 0) is 38.1 Å². The highest BCUT2D eigenvalue weighted by Crippen LogP contribution is 2.30. The minimum atomic E-state index is 0.0370. The largest absolute Gasteiger partial charge is 0.358 e. The van der Waals surface area contributed by atoms with Crippen LogP contribution in [0.5, 0.6) is 0 Å². The molecule has 3 heterocycles. The monoisotopic (exact) mass is 400 g/mol. The molecular formula is C21H21ClN2O2S. The number of rotatable bonds is 4. The van der Waals surface area contributed by atoms with E-state index in [9.17, 15) is 9.59 Å². The Morgan fingerprint density at radius 3 is 2.78 bits per heavy atom. The zero-order valence-electron chi connectivity index (χ0n) is 15.4. The third-order valence-corrected chi connectivity index (χ3v) is 6.40. The predicted molar refractivity (Wildman–Crippen MR) is 110 cm³/mol. The SMILES string of the molecule is Cc1cc(C(=O)CCC(=O)N2CCc3[nH]c4ccc(Cl)cc4c3C2)c(C)s1. The van der Waals surface area contributed by atoms with E-state index in [4.69, 9.17) is 11.6 Å². The summed E-state index contributed by atoms with van der Waals surface area (Å²) in [6.07, 6.45) is 1.31. The molecule has 1 aromatic carbocycles. The molecule has 0 bridgehead atoms. The summed E-state index contributed by atoms with van der Waals surface area (Å²) in [5.41, 5.74) is 4.13. The molecule has 1 aliphatic heterocycles. The van der Waals surface area contributed by atoms with E-state index in [1.165, 1.54) is 5.69 Å². The zero-order valence-corrected chi connectivity index (χ0v) is 17.0. The van der Waals surface area contributed by atoms with Gasteiger partial charge in [0, 0.05) is 74.9 Å². The van der Waals surface area contributed by atoms with Gasteiger partial charge in [0.25, 0.3) is 0 Å². The molecule has 0 saturated heterocycles. The van der Waals surface area contributed by atoms with Crippen LogP contribution in [0, 0.1) is 13.8 Å². The molecule has 27 heavy (non-hydrogen) atoms. The maximum absolute atomic E-state index is 12.7. The van der Waals surface area contributed by atoms with Crippen molar-refractivity contribution in [1.29, 1.82) is 0 Å². The van der Waals surface area contributed by atoms with Gasteiger partial charge in [0.2, 0.25) is 5.91 Å². The Bertz CT molecular complexity index is 1050. The van der Waals surface area contributed by atoms with Crippen molar-refractivity contribution < 1.29 is 9.59 Å². The summed E-state index contributed by atoms with van der Waals surface area (Å²) in [4.78, 5) is 32.6. The highest BCUT2D eigenvalue weighted by molar-refractivity contribution is 7.12. The van der Waals surface area contributed by atoms with Gasteiger partial charge in [0.05, 0.1) is 0 Å². The van der Waals surface area contributed by atoms with Gasteiger partial charge in [-0.3, -0.25) is 9.59 Å². The molecule has 0 saturated carbocycles. The topological polar surface area (TPSA) is 53.2 Å². The van der Waals surface area contributed by atoms with Gasteiger partial charge in [-0.25, -0.2) is 0 Å². The van der Waals surface area contributed by atoms with Crippen LogP contribution in [0.25, 0.3) is 10.9 Å². The number of aromatic amines is 1. The van der Waals surface area contributed by atoms with Crippen LogP contribution in [-0.4, -0.2) is 28.1 Å². The van der Waals surface area contributed by atoms with Crippen LogP contribution in [0.1, 0.15) is 44.2 Å². The van der Waals surface area contributed by atoms with Crippen molar-refractivity contribution in [2.24, 2.45) is 0 Å². The van der Waals surface area contributed by atoms with E-state index < -0.39 is 0 Å². The number of carbonyl (C=O) groups excluding carboxylic acids is 2. The van der Waals surface area contributed by atoms with Gasteiger partial charge < -0.3 is 9.88 Å². The lowest BCUT2D eigenvalue weighted by Gasteiger charge is -2.27. The molecule has 1 amide bonds. The number of Topliss-reactive ketones (excluding diaryl/α,β-unsaturated/α-hetero) is 1. The number of hydrogen-bond donors (Lipinski definition) is 1. The Hall–Kier alpha value is -2.11. The van der Waals surface area contributed by atoms with Gasteiger partial charge in [0.15, 0.2) is 5.78 Å². The van der Waals surface area contributed by atoms with Crippen molar-refractivity contribution in [2.45, 2.75) is 39.7 Å². The Morgan fingerprint density at radius 1 is 1.22 bits per heavy atom. The van der Waals surface area contributed by atoms with E-state index in [2.05, 4.69) is 4.98 Å². The van der Waals surface area contributed by atoms with Gasteiger partial charge in [-0.1, -0.05) is 11.6 Å². The Labute approximate surface area is 167 Å². The first-order valence-corrected chi connectivity index (χ1v) is 10.3. The number of H-pyrrole nitrogens is 1. The van der Waals surface area contributed by atoms with Crippen LogP contribution in [0.2, 0.25) is 5.02 Å². The highest BCUT2D eigenvalue weighted by atomic mass is 35.5. The number of hydrogen-bond acceptors (Lipinski definition) is 3. The average molecular weight is 401 g/mol. The first-order valence-electron chi connectivity index (χ1n) is 9.09. The van der Waals surface area contributed by atoms with Crippen LogP contribution >= 0.6 is 22.9 Å². The first-order chi connectivity index (χ1) is 12.9. The van der Waals surface area contributed by atoms with Gasteiger partial charge >= 0.3 is 0 Å². The number of nitrogens with zero attached hydrogens (tertiary/aromatic N) is 1. The minimum absolute atomic E-state index is 0.0370. The number of aromatic nitrogens is 1. The summed E-state index contributed by atoms with van der Waals surface area (Å²) in [7, 11) is 0. The number of carbonyl (C=O) groups is 2. The lowest BCUT2D eigenvalue weighted by atomic mass is 10.0. The van der Waals surface area contributed by atoms with E-state index >= 15 is 0 Å². The molecular weight excluding hydrogens is 380 g/mol. The molecule has 0 atom stereocenters. The molecule has 3 aromatic rings. The fourth-order valence-corrected chi connectivity index (χ4v) is 4.93. The van der Waals surface area contributed by atoms with E-state index in [1.54, 1.807) is 11.3 Å². The smallest absolute Gasteiger partial charge is 0.223 e. The Kier molecular flexibility index (Phi) is 4.82. The molecule has 1 N–H and O–H groups in total. The van der Waals surface area contributed by atoms with Crippen LogP contribution in [0.3, 0.4) is 0 Å². The molecule has 0 radical (unpaired) electrons. The van der Waals surface area contributed by atoms with E-state index in [1.807, 2.05) is 43.0 Å². The number of benzene rings is 1. The average Bonchev–Trinajstić information content (AvgIpc) is 3.17. The van der Waals surface area contributed by atoms with Crippen molar-refractivity contribution in [3.05, 3.63) is 55.9 Å². The summed E-state index contributed by atoms with van der Waals surface area (Å²) in [5.74, 6) is 0.0942. The number of aryl methyl sites for hydroxylation is 2. The van der Waals surface area contributed by atoms with Crippen molar-refractivity contribution in [2.75, 3.05) is 6.54 Å². The molecule has 1 aliphatic rings. The van der Waals surface area contributed by atoms with Crippen LogP contribution in [-0.2, 0) is 17.8 Å². The second-order valence-corrected chi connectivity index (χ2v) is 8.98. The molecule has 4 rings (SSSR count). The molecule has 0 aliphatic carbocycles. The highest BCUT2D eigenvalue weighted by Gasteiger charge is 2.24. The second-order valence-electron chi connectivity index (χ2n) is 7.09. The third-order valence-electron chi connectivity index (χ3n) is 5.20. The normalized spacial score (nSPS) is 13.8. The predicted octanol–water partition coefficient (Wildman–Crippen LogP) is 5.05. The number of nitrogens with one attached hydrogen (secondary N) is 1. The summed E-state index contributed by atoms with van der Waals surface area (Å²) >= 11 is 7.77. The Balaban J connectivity index is 1.45. The number of ketones is 1.